The Hall–Kier alpha value is -2.67. The van der Waals surface area contributed by atoms with Crippen molar-refractivity contribution >= 4 is 5.97 Å². The van der Waals surface area contributed by atoms with Gasteiger partial charge in [-0.15, -0.1) is 0 Å². The van der Waals surface area contributed by atoms with Gasteiger partial charge in [-0.05, 0) is 25.0 Å². The molecule has 1 rings (SSSR count). The number of rotatable bonds is 6. The van der Waals surface area contributed by atoms with Crippen LogP contribution in [0.2, 0.25) is 0 Å². The van der Waals surface area contributed by atoms with Crippen LogP contribution in [0.4, 0.5) is 0 Å². The van der Waals surface area contributed by atoms with Crippen LogP contribution in [0, 0.1) is 35.5 Å². The first kappa shape index (κ1) is 20.4. The van der Waals surface area contributed by atoms with Crippen molar-refractivity contribution in [2.45, 2.75) is 51.6 Å². The van der Waals surface area contributed by atoms with Gasteiger partial charge in [-0.1, -0.05) is 67.1 Å². The summed E-state index contributed by atoms with van der Waals surface area (Å²) in [6, 6.07) is 8.94. The summed E-state index contributed by atoms with van der Waals surface area (Å²) in [6.07, 6.45) is 3.67. The first-order valence-corrected chi connectivity index (χ1v) is 8.54. The smallest absolute Gasteiger partial charge is 0.339 e. The summed E-state index contributed by atoms with van der Waals surface area (Å²) < 4.78 is 5.50. The van der Waals surface area contributed by atoms with Crippen LogP contribution in [-0.2, 0) is 4.74 Å². The predicted molar refractivity (Wildman–Crippen MR) is 99.4 cm³/mol. The molecule has 1 aromatic rings. The molecule has 0 saturated heterocycles. The van der Waals surface area contributed by atoms with E-state index in [2.05, 4.69) is 42.4 Å². The van der Waals surface area contributed by atoms with Crippen molar-refractivity contribution in [3.63, 3.8) is 0 Å². The Morgan fingerprint density at radius 1 is 1.08 bits per heavy atom. The molecule has 0 spiro atoms. The summed E-state index contributed by atoms with van der Waals surface area (Å²) in [5, 5.41) is 8.59. The Kier molecular flexibility index (Phi) is 11.2. The van der Waals surface area contributed by atoms with Gasteiger partial charge in [-0.2, -0.15) is 0 Å². The van der Waals surface area contributed by atoms with Crippen LogP contribution in [0.3, 0.4) is 0 Å². The van der Waals surface area contributed by atoms with E-state index in [1.54, 1.807) is 12.1 Å². The summed E-state index contributed by atoms with van der Waals surface area (Å²) >= 11 is 0. The molecule has 1 aromatic carbocycles. The Labute approximate surface area is 150 Å². The maximum atomic E-state index is 12.1. The minimum absolute atomic E-state index is 0.0761. The van der Waals surface area contributed by atoms with Crippen molar-refractivity contribution in [1.82, 2.24) is 0 Å². The molecule has 3 heteroatoms. The van der Waals surface area contributed by atoms with E-state index < -0.39 is 6.10 Å². The summed E-state index contributed by atoms with van der Waals surface area (Å²) in [5.74, 6) is 17.1. The third-order valence-electron chi connectivity index (χ3n) is 3.18. The zero-order chi connectivity index (χ0) is 18.2. The number of esters is 1. The van der Waals surface area contributed by atoms with E-state index in [1.807, 2.05) is 18.2 Å². The van der Waals surface area contributed by atoms with Crippen LogP contribution in [-0.4, -0.2) is 23.8 Å². The number of aliphatic hydroxyl groups is 1. The van der Waals surface area contributed by atoms with Gasteiger partial charge < -0.3 is 9.84 Å². The highest BCUT2D eigenvalue weighted by Crippen LogP contribution is 2.09. The van der Waals surface area contributed by atoms with E-state index in [0.29, 0.717) is 24.8 Å². The van der Waals surface area contributed by atoms with E-state index in [4.69, 9.17) is 9.84 Å². The Morgan fingerprint density at radius 2 is 1.76 bits per heavy atom. The van der Waals surface area contributed by atoms with Crippen molar-refractivity contribution < 1.29 is 14.6 Å². The molecule has 3 nitrogen and oxygen atoms in total. The SMILES string of the molecule is CCCCC(C#CCC#CCC#CCCO)OC(=O)c1ccccc1. The molecule has 1 unspecified atom stereocenters. The van der Waals surface area contributed by atoms with E-state index in [-0.39, 0.29) is 12.6 Å². The molecule has 0 aliphatic carbocycles. The molecule has 0 bridgehead atoms. The van der Waals surface area contributed by atoms with Crippen LogP contribution in [0.15, 0.2) is 30.3 Å². The van der Waals surface area contributed by atoms with E-state index in [9.17, 15) is 4.79 Å². The minimum atomic E-state index is -0.404. The Morgan fingerprint density at radius 3 is 2.44 bits per heavy atom. The number of ether oxygens (including phenoxy) is 1. The van der Waals surface area contributed by atoms with Gasteiger partial charge in [0.05, 0.1) is 25.0 Å². The number of hydrogen-bond donors (Lipinski definition) is 1. The topological polar surface area (TPSA) is 46.5 Å². The number of aliphatic hydroxyl groups excluding tert-OH is 1. The molecule has 0 aromatic heterocycles. The molecule has 0 aliphatic rings. The lowest BCUT2D eigenvalue weighted by Crippen LogP contribution is -2.16. The van der Waals surface area contributed by atoms with Crippen molar-refractivity contribution in [3.8, 4) is 35.5 Å². The van der Waals surface area contributed by atoms with Gasteiger partial charge in [0.2, 0.25) is 0 Å². The molecule has 0 heterocycles. The van der Waals surface area contributed by atoms with Crippen LogP contribution < -0.4 is 0 Å². The molecule has 0 saturated carbocycles. The summed E-state index contributed by atoms with van der Waals surface area (Å²) in [6.45, 7) is 2.17. The van der Waals surface area contributed by atoms with Crippen molar-refractivity contribution in [2.24, 2.45) is 0 Å². The Bertz CT molecular complexity index is 687. The fraction of sp³-hybridized carbons (Fsp3) is 0.409. The zero-order valence-electron chi connectivity index (χ0n) is 14.7. The molecule has 25 heavy (non-hydrogen) atoms. The van der Waals surface area contributed by atoms with Crippen LogP contribution in [0.1, 0.15) is 55.8 Å². The van der Waals surface area contributed by atoms with Gasteiger partial charge in [0.15, 0.2) is 6.10 Å². The number of hydrogen-bond acceptors (Lipinski definition) is 3. The molecular formula is C22H24O3. The van der Waals surface area contributed by atoms with E-state index in [1.165, 1.54) is 0 Å². The normalized spacial score (nSPS) is 10.2. The Balaban J connectivity index is 2.52. The summed E-state index contributed by atoms with van der Waals surface area (Å²) in [4.78, 5) is 12.1. The van der Waals surface area contributed by atoms with E-state index >= 15 is 0 Å². The monoisotopic (exact) mass is 336 g/mol. The predicted octanol–water partition coefficient (Wildman–Crippen LogP) is 3.58. The second-order valence-electron chi connectivity index (χ2n) is 5.26. The standard InChI is InChI=1S/C22H24O3/c1-2-3-17-21(25-22(24)20-15-11-10-12-16-20)18-13-8-6-4-5-7-9-14-19-23/h10-12,15-16,21,23H,2-3,5,8,14,17,19H2,1H3. The lowest BCUT2D eigenvalue weighted by atomic mass is 10.1. The number of carbonyl (C=O) groups excluding carboxylic acids is 1. The van der Waals surface area contributed by atoms with Crippen LogP contribution in [0.25, 0.3) is 0 Å². The van der Waals surface area contributed by atoms with Crippen molar-refractivity contribution in [2.75, 3.05) is 6.61 Å². The minimum Gasteiger partial charge on any atom is -0.446 e. The average Bonchev–Trinajstić information content (AvgIpc) is 2.65. The molecular weight excluding hydrogens is 312 g/mol. The van der Waals surface area contributed by atoms with Gasteiger partial charge in [-0.25, -0.2) is 4.79 Å². The quantitative estimate of drug-likeness (QED) is 0.638. The molecule has 0 radical (unpaired) electrons. The maximum Gasteiger partial charge on any atom is 0.339 e. The highest BCUT2D eigenvalue weighted by atomic mass is 16.5. The van der Waals surface area contributed by atoms with Crippen molar-refractivity contribution in [1.29, 1.82) is 0 Å². The highest BCUT2D eigenvalue weighted by molar-refractivity contribution is 5.89. The highest BCUT2D eigenvalue weighted by Gasteiger charge is 2.13. The maximum absolute atomic E-state index is 12.1. The van der Waals surface area contributed by atoms with E-state index in [0.717, 1.165) is 19.3 Å². The lowest BCUT2D eigenvalue weighted by Gasteiger charge is -2.12. The van der Waals surface area contributed by atoms with Gasteiger partial charge in [0.25, 0.3) is 0 Å². The fourth-order valence-electron chi connectivity index (χ4n) is 1.91. The lowest BCUT2D eigenvalue weighted by molar-refractivity contribution is 0.0393. The largest absolute Gasteiger partial charge is 0.446 e. The molecule has 0 amide bonds. The van der Waals surface area contributed by atoms with Crippen molar-refractivity contribution in [3.05, 3.63) is 35.9 Å². The number of unbranched alkanes of at least 4 members (excludes halogenated alkanes) is 1. The summed E-state index contributed by atoms with van der Waals surface area (Å²) in [5.41, 5.74) is 0.534. The first-order chi connectivity index (χ1) is 12.3. The third-order valence-corrected chi connectivity index (χ3v) is 3.18. The molecule has 1 N–H and O–H groups in total. The van der Waals surface area contributed by atoms with Gasteiger partial charge >= 0.3 is 5.97 Å². The number of carbonyl (C=O) groups is 1. The van der Waals surface area contributed by atoms with Crippen LogP contribution in [0.5, 0.6) is 0 Å². The van der Waals surface area contributed by atoms with Gasteiger partial charge in [0.1, 0.15) is 0 Å². The van der Waals surface area contributed by atoms with Gasteiger partial charge in [-0.3, -0.25) is 0 Å². The molecule has 0 fully saturated rings. The summed E-state index contributed by atoms with van der Waals surface area (Å²) in [7, 11) is 0. The fourth-order valence-corrected chi connectivity index (χ4v) is 1.91. The molecule has 1 atom stereocenters. The molecule has 0 aliphatic heterocycles. The third kappa shape index (κ3) is 9.93. The first-order valence-electron chi connectivity index (χ1n) is 8.54. The second kappa shape index (κ2) is 13.7. The second-order valence-corrected chi connectivity index (χ2v) is 5.26. The average molecular weight is 336 g/mol. The molecule has 130 valence electrons. The number of benzene rings is 1. The zero-order valence-corrected chi connectivity index (χ0v) is 14.7. The van der Waals surface area contributed by atoms with Gasteiger partial charge in [0, 0.05) is 6.42 Å². The van der Waals surface area contributed by atoms with Crippen LogP contribution >= 0.6 is 0 Å².